The number of hydrogen-bond donors (Lipinski definition) is 3. The summed E-state index contributed by atoms with van der Waals surface area (Å²) in [4.78, 5) is 28.5. The minimum Gasteiger partial charge on any atom is -0.349 e. The number of likely N-dealkylation sites (N-methyl/N-ethyl adjacent to an activating group) is 1. The van der Waals surface area contributed by atoms with Crippen molar-refractivity contribution in [3.8, 4) is 0 Å². The van der Waals surface area contributed by atoms with E-state index in [1.807, 2.05) is 25.2 Å². The van der Waals surface area contributed by atoms with Crippen LogP contribution in [0.2, 0.25) is 0 Å². The third-order valence-electron chi connectivity index (χ3n) is 6.47. The summed E-state index contributed by atoms with van der Waals surface area (Å²) < 4.78 is 14.8. The molecular weight excluding hydrogens is 584 g/mol. The smallest absolute Gasteiger partial charge is 0.256 e. The van der Waals surface area contributed by atoms with E-state index in [9.17, 15) is 9.18 Å². The molecule has 0 radical (unpaired) electrons. The molecule has 1 aliphatic carbocycles. The summed E-state index contributed by atoms with van der Waals surface area (Å²) in [6.07, 6.45) is 5.98. The predicted molar refractivity (Wildman–Crippen MR) is 156 cm³/mol. The summed E-state index contributed by atoms with van der Waals surface area (Å²) in [6.45, 7) is 7.76. The van der Waals surface area contributed by atoms with Gasteiger partial charge in [0.25, 0.3) is 5.91 Å². The first kappa shape index (κ1) is 27.2. The lowest BCUT2D eigenvalue weighted by Gasteiger charge is -2.26. The van der Waals surface area contributed by atoms with Gasteiger partial charge >= 0.3 is 0 Å². The van der Waals surface area contributed by atoms with Gasteiger partial charge in [-0.25, -0.2) is 9.37 Å². The lowest BCUT2D eigenvalue weighted by atomic mass is 9.91. The van der Waals surface area contributed by atoms with Crippen LogP contribution in [0.4, 0.5) is 27.5 Å². The van der Waals surface area contributed by atoms with Crippen LogP contribution in [0.5, 0.6) is 0 Å². The Labute approximate surface area is 235 Å². The zero-order valence-electron chi connectivity index (χ0n) is 21.6. The van der Waals surface area contributed by atoms with Crippen molar-refractivity contribution in [3.63, 3.8) is 0 Å². The van der Waals surface area contributed by atoms with Gasteiger partial charge in [0.2, 0.25) is 5.95 Å². The minimum absolute atomic E-state index is 0. The normalized spacial score (nSPS) is 15.4. The number of nitrogens with zero attached hydrogens (tertiary/aromatic N) is 4. The Morgan fingerprint density at radius 3 is 2.65 bits per heavy atom. The van der Waals surface area contributed by atoms with Crippen LogP contribution in [0, 0.1) is 5.82 Å². The summed E-state index contributed by atoms with van der Waals surface area (Å²) in [5.41, 5.74) is 4.20. The highest BCUT2D eigenvalue weighted by molar-refractivity contribution is 14.0. The number of hydrogen-bond acceptors (Lipinski definition) is 7. The van der Waals surface area contributed by atoms with E-state index in [0.29, 0.717) is 23.6 Å². The number of pyridine rings is 1. The molecule has 3 aromatic rings. The molecule has 0 unspecified atom stereocenters. The highest BCUT2D eigenvalue weighted by Gasteiger charge is 2.26. The molecule has 1 aliphatic heterocycles. The fourth-order valence-electron chi connectivity index (χ4n) is 4.20. The Balaban J connectivity index is 0.00000200. The number of benzene rings is 1. The van der Waals surface area contributed by atoms with Gasteiger partial charge in [-0.3, -0.25) is 9.78 Å². The molecule has 0 bridgehead atoms. The molecule has 2 aromatic heterocycles. The highest BCUT2D eigenvalue weighted by atomic mass is 127. The van der Waals surface area contributed by atoms with E-state index in [0.717, 1.165) is 48.3 Å². The lowest BCUT2D eigenvalue weighted by molar-refractivity contribution is 0.0951. The van der Waals surface area contributed by atoms with Crippen LogP contribution in [-0.2, 0) is 18.4 Å². The maximum atomic E-state index is 14.8. The van der Waals surface area contributed by atoms with E-state index < -0.39 is 0 Å². The zero-order valence-corrected chi connectivity index (χ0v) is 23.9. The Morgan fingerprint density at radius 2 is 1.92 bits per heavy atom. The van der Waals surface area contributed by atoms with E-state index in [4.69, 9.17) is 0 Å². The first-order chi connectivity index (χ1) is 17.2. The van der Waals surface area contributed by atoms with Gasteiger partial charge < -0.3 is 20.9 Å². The molecule has 2 aliphatic rings. The molecule has 10 heteroatoms. The van der Waals surface area contributed by atoms with E-state index in [1.54, 1.807) is 6.20 Å². The number of halogens is 2. The molecule has 198 valence electrons. The van der Waals surface area contributed by atoms with Gasteiger partial charge in [0.05, 0.1) is 0 Å². The van der Waals surface area contributed by atoms with Crippen molar-refractivity contribution in [1.29, 1.82) is 0 Å². The number of fused-ring (bicyclic) bond motifs is 1. The van der Waals surface area contributed by atoms with Crippen molar-refractivity contribution in [2.75, 3.05) is 24.2 Å². The van der Waals surface area contributed by atoms with Crippen molar-refractivity contribution in [2.24, 2.45) is 0 Å². The number of amides is 1. The molecule has 1 saturated carbocycles. The van der Waals surface area contributed by atoms with Crippen LogP contribution in [0.3, 0.4) is 0 Å². The highest BCUT2D eigenvalue weighted by Crippen LogP contribution is 2.29. The Morgan fingerprint density at radius 1 is 1.14 bits per heavy atom. The molecule has 0 saturated heterocycles. The molecule has 1 amide bonds. The second kappa shape index (κ2) is 10.9. The molecule has 0 atom stereocenters. The van der Waals surface area contributed by atoms with Crippen molar-refractivity contribution >= 4 is 53.0 Å². The van der Waals surface area contributed by atoms with Crippen molar-refractivity contribution < 1.29 is 10.6 Å². The van der Waals surface area contributed by atoms with Gasteiger partial charge in [0.15, 0.2) is 0 Å². The molecule has 8 nitrogen and oxygen atoms in total. The lowest BCUT2D eigenvalue weighted by Crippen LogP contribution is -2.27. The average Bonchev–Trinajstić information content (AvgIpc) is 3.63. The summed E-state index contributed by atoms with van der Waals surface area (Å²) in [5, 5.41) is 9.41. The summed E-state index contributed by atoms with van der Waals surface area (Å²) in [7, 11) is 1.99. The van der Waals surface area contributed by atoms with Gasteiger partial charge in [-0.05, 0) is 56.1 Å². The Bertz CT molecular complexity index is 1310. The van der Waals surface area contributed by atoms with Gasteiger partial charge in [0.1, 0.15) is 17.2 Å². The van der Waals surface area contributed by atoms with Crippen molar-refractivity contribution in [3.05, 3.63) is 64.9 Å². The molecule has 5 rings (SSSR count). The molecular formula is C27H35FIN7O. The third-order valence-corrected chi connectivity index (χ3v) is 6.47. The monoisotopic (exact) mass is 619 g/mol. The largest absolute Gasteiger partial charge is 0.349 e. The van der Waals surface area contributed by atoms with E-state index >= 15 is 0 Å². The van der Waals surface area contributed by atoms with Crippen LogP contribution >= 0.6 is 24.0 Å². The predicted octanol–water partition coefficient (Wildman–Crippen LogP) is 5.54. The second-order valence-electron chi connectivity index (χ2n) is 10.7. The second-order valence-corrected chi connectivity index (χ2v) is 10.7. The number of anilines is 4. The van der Waals surface area contributed by atoms with Gasteiger partial charge in [-0.2, -0.15) is 4.98 Å². The third kappa shape index (κ3) is 6.53. The summed E-state index contributed by atoms with van der Waals surface area (Å²) >= 11 is 0. The van der Waals surface area contributed by atoms with E-state index in [1.165, 1.54) is 12.3 Å². The number of aromatic nitrogens is 3. The first-order valence-electron chi connectivity index (χ1n) is 12.3. The SMILES string of the molecule is CN1CCc2cc(Nc3ncc(C(=O)NC4CC4)c(Nc4ccnc(C(C)(C)C)c4)n3)cc(F)c2C1.I.[HH]. The fraction of sp³-hybridized carbons (Fsp3) is 0.407. The van der Waals surface area contributed by atoms with E-state index in [-0.39, 0.29) is 54.5 Å². The first-order valence-corrected chi connectivity index (χ1v) is 12.3. The van der Waals surface area contributed by atoms with E-state index in [2.05, 4.69) is 56.6 Å². The van der Waals surface area contributed by atoms with Crippen LogP contribution in [-0.4, -0.2) is 45.4 Å². The summed E-state index contributed by atoms with van der Waals surface area (Å²) in [6, 6.07) is 7.42. The van der Waals surface area contributed by atoms with Crippen LogP contribution in [0.25, 0.3) is 0 Å². The molecule has 3 heterocycles. The average molecular weight is 620 g/mol. The Kier molecular flexibility index (Phi) is 7.98. The van der Waals surface area contributed by atoms with Gasteiger partial charge in [-0.15, -0.1) is 24.0 Å². The van der Waals surface area contributed by atoms with Crippen molar-refractivity contribution in [2.45, 2.75) is 58.0 Å². The van der Waals surface area contributed by atoms with Gasteiger partial charge in [0, 0.05) is 61.0 Å². The quantitative estimate of drug-likeness (QED) is 0.312. The number of carbonyl (C=O) groups is 1. The number of rotatable bonds is 6. The van der Waals surface area contributed by atoms with Crippen molar-refractivity contribution in [1.82, 2.24) is 25.2 Å². The van der Waals surface area contributed by atoms with Crippen LogP contribution in [0.1, 0.15) is 62.2 Å². The number of nitrogens with one attached hydrogen (secondary N) is 3. The molecule has 3 N–H and O–H groups in total. The minimum atomic E-state index is -0.244. The number of carbonyl (C=O) groups excluding carboxylic acids is 1. The van der Waals surface area contributed by atoms with Crippen LogP contribution < -0.4 is 16.0 Å². The Hall–Kier alpha value is -2.86. The topological polar surface area (TPSA) is 95.1 Å². The molecule has 37 heavy (non-hydrogen) atoms. The maximum absolute atomic E-state index is 14.8. The maximum Gasteiger partial charge on any atom is 0.256 e. The fourth-order valence-corrected chi connectivity index (χ4v) is 4.20. The standard InChI is InChI=1S/C27H32FN7O.HI.H2/c1-27(2,3)23-13-18(7-9-29-23)31-24-20(25(36)32-17-5-6-17)14-30-26(34-24)33-19-11-16-8-10-35(4)15-21(16)22(28)12-19;;/h7,9,11-14,17H,5-6,8,10,15H2,1-4H3,(H,32,36)(H2,29,30,31,33,34);2*1H. The van der Waals surface area contributed by atoms with Crippen LogP contribution in [0.15, 0.2) is 36.7 Å². The molecule has 1 aromatic carbocycles. The zero-order chi connectivity index (χ0) is 25.4. The van der Waals surface area contributed by atoms with Gasteiger partial charge in [-0.1, -0.05) is 20.8 Å². The summed E-state index contributed by atoms with van der Waals surface area (Å²) in [5.74, 6) is 0.182. The molecule has 0 spiro atoms. The molecule has 1 fully saturated rings.